The summed E-state index contributed by atoms with van der Waals surface area (Å²) in [6.45, 7) is 7.62. The number of fused-ring (bicyclic) bond motifs is 1. The van der Waals surface area contributed by atoms with E-state index in [0.29, 0.717) is 6.54 Å². The number of aromatic nitrogens is 2. The predicted octanol–water partition coefficient (Wildman–Crippen LogP) is 4.35. The van der Waals surface area contributed by atoms with Gasteiger partial charge in [0.25, 0.3) is 5.91 Å². The zero-order chi connectivity index (χ0) is 24.2. The van der Waals surface area contributed by atoms with Gasteiger partial charge in [0.05, 0.1) is 29.1 Å². The van der Waals surface area contributed by atoms with E-state index in [0.717, 1.165) is 77.1 Å². The number of hydrogen-bond donors (Lipinski definition) is 1. The highest BCUT2D eigenvalue weighted by Gasteiger charge is 2.20. The van der Waals surface area contributed by atoms with Crippen molar-refractivity contribution < 1.29 is 9.53 Å². The van der Waals surface area contributed by atoms with Crippen LogP contribution in [0.5, 0.6) is 5.75 Å². The van der Waals surface area contributed by atoms with Gasteiger partial charge >= 0.3 is 0 Å². The lowest BCUT2D eigenvalue weighted by atomic mass is 10.2. The quantitative estimate of drug-likeness (QED) is 0.373. The Kier molecular flexibility index (Phi) is 7.01. The molecule has 0 saturated carbocycles. The van der Waals surface area contributed by atoms with E-state index >= 15 is 0 Å². The number of piperazine rings is 1. The molecule has 0 radical (unpaired) electrons. The third kappa shape index (κ3) is 5.04. The number of ether oxygens (including phenoxy) is 1. The average Bonchev–Trinajstić information content (AvgIpc) is 3.48. The third-order valence-corrected chi connectivity index (χ3v) is 7.61. The lowest BCUT2D eigenvalue weighted by molar-refractivity contribution is 0.0955. The van der Waals surface area contributed by atoms with Crippen LogP contribution in [-0.4, -0.2) is 67.0 Å². The second-order valence-electron chi connectivity index (χ2n) is 8.77. The van der Waals surface area contributed by atoms with Gasteiger partial charge in [-0.3, -0.25) is 9.69 Å². The minimum Gasteiger partial charge on any atom is -0.495 e. The van der Waals surface area contributed by atoms with E-state index in [4.69, 9.17) is 4.74 Å². The molecular weight excluding hydrogens is 458 g/mol. The SMILES string of the molecule is COc1ccccc1N1CCN(CCCNC(=O)c2cc3c(C)nn(-c4ccccc4)c3s2)CC1. The van der Waals surface area contributed by atoms with Gasteiger partial charge < -0.3 is 15.0 Å². The van der Waals surface area contributed by atoms with Gasteiger partial charge in [0.15, 0.2) is 0 Å². The maximum Gasteiger partial charge on any atom is 0.261 e. The Hall–Kier alpha value is -3.36. The summed E-state index contributed by atoms with van der Waals surface area (Å²) in [5.41, 5.74) is 3.10. The Balaban J connectivity index is 1.11. The maximum absolute atomic E-state index is 12.8. The highest BCUT2D eigenvalue weighted by Crippen LogP contribution is 2.30. The van der Waals surface area contributed by atoms with Gasteiger partial charge in [0.1, 0.15) is 10.6 Å². The first-order valence-electron chi connectivity index (χ1n) is 12.1. The molecule has 7 nitrogen and oxygen atoms in total. The zero-order valence-corrected chi connectivity index (χ0v) is 21.1. The first-order chi connectivity index (χ1) is 17.1. The molecule has 0 bridgehead atoms. The van der Waals surface area contributed by atoms with Gasteiger partial charge in [-0.1, -0.05) is 30.3 Å². The van der Waals surface area contributed by atoms with Crippen molar-refractivity contribution in [2.45, 2.75) is 13.3 Å². The van der Waals surface area contributed by atoms with Crippen LogP contribution in [0, 0.1) is 6.92 Å². The van der Waals surface area contributed by atoms with Crippen LogP contribution in [0.15, 0.2) is 60.7 Å². The molecule has 2 aromatic heterocycles. The Morgan fingerprint density at radius 1 is 1.06 bits per heavy atom. The molecule has 0 atom stereocenters. The molecular formula is C27H31N5O2S. The van der Waals surface area contributed by atoms with Crippen molar-refractivity contribution in [3.05, 3.63) is 71.2 Å². The summed E-state index contributed by atoms with van der Waals surface area (Å²) in [7, 11) is 1.72. The van der Waals surface area contributed by atoms with E-state index in [-0.39, 0.29) is 5.91 Å². The number of thiophene rings is 1. The molecule has 8 heteroatoms. The number of rotatable bonds is 8. The predicted molar refractivity (Wildman–Crippen MR) is 142 cm³/mol. The molecule has 5 rings (SSSR count). The average molecular weight is 490 g/mol. The van der Waals surface area contributed by atoms with Crippen LogP contribution in [0.4, 0.5) is 5.69 Å². The van der Waals surface area contributed by atoms with Crippen molar-refractivity contribution in [2.75, 3.05) is 51.3 Å². The van der Waals surface area contributed by atoms with Gasteiger partial charge in [-0.15, -0.1) is 11.3 Å². The van der Waals surface area contributed by atoms with Crippen molar-refractivity contribution in [3.63, 3.8) is 0 Å². The fourth-order valence-electron chi connectivity index (χ4n) is 4.60. The van der Waals surface area contributed by atoms with E-state index in [1.54, 1.807) is 7.11 Å². The number of carbonyl (C=O) groups is 1. The van der Waals surface area contributed by atoms with E-state index < -0.39 is 0 Å². The first-order valence-corrected chi connectivity index (χ1v) is 12.9. The Bertz CT molecular complexity index is 1290. The number of hydrogen-bond acceptors (Lipinski definition) is 6. The lowest BCUT2D eigenvalue weighted by Crippen LogP contribution is -2.47. The highest BCUT2D eigenvalue weighted by atomic mass is 32.1. The van der Waals surface area contributed by atoms with E-state index in [1.807, 2.05) is 60.1 Å². The van der Waals surface area contributed by atoms with Crippen molar-refractivity contribution in [1.82, 2.24) is 20.0 Å². The molecule has 3 heterocycles. The second-order valence-corrected chi connectivity index (χ2v) is 9.80. The number of nitrogens with one attached hydrogen (secondary N) is 1. The summed E-state index contributed by atoms with van der Waals surface area (Å²) in [5, 5.41) is 8.81. The number of amides is 1. The van der Waals surface area contributed by atoms with Gasteiger partial charge in [-0.2, -0.15) is 5.10 Å². The summed E-state index contributed by atoms with van der Waals surface area (Å²) >= 11 is 1.50. The highest BCUT2D eigenvalue weighted by molar-refractivity contribution is 7.20. The summed E-state index contributed by atoms with van der Waals surface area (Å²) < 4.78 is 7.44. The Labute approximate surface area is 209 Å². The number of aryl methyl sites for hydroxylation is 1. The topological polar surface area (TPSA) is 62.6 Å². The molecule has 35 heavy (non-hydrogen) atoms. The second kappa shape index (κ2) is 10.5. The number of methoxy groups -OCH3 is 1. The fourth-order valence-corrected chi connectivity index (χ4v) is 5.70. The largest absolute Gasteiger partial charge is 0.495 e. The molecule has 2 aromatic carbocycles. The molecule has 0 spiro atoms. The van der Waals surface area contributed by atoms with E-state index in [1.165, 1.54) is 11.3 Å². The van der Waals surface area contributed by atoms with Crippen molar-refractivity contribution in [3.8, 4) is 11.4 Å². The van der Waals surface area contributed by atoms with Crippen LogP contribution in [0.1, 0.15) is 21.8 Å². The first kappa shape index (κ1) is 23.4. The smallest absolute Gasteiger partial charge is 0.261 e. The standard InChI is InChI=1S/C27H31N5O2S/c1-20-22-19-25(35-27(22)32(29-20)21-9-4-3-5-10-21)26(33)28-13-8-14-30-15-17-31(18-16-30)23-11-6-7-12-24(23)34-2/h3-7,9-12,19H,8,13-18H2,1-2H3,(H,28,33). The van der Waals surface area contributed by atoms with Crippen molar-refractivity contribution in [2.24, 2.45) is 0 Å². The molecule has 1 amide bonds. The molecule has 0 unspecified atom stereocenters. The Morgan fingerprint density at radius 3 is 2.57 bits per heavy atom. The van der Waals surface area contributed by atoms with E-state index in [9.17, 15) is 4.79 Å². The molecule has 1 aliphatic rings. The van der Waals surface area contributed by atoms with Crippen LogP contribution in [-0.2, 0) is 0 Å². The van der Waals surface area contributed by atoms with Crippen LogP contribution in [0.25, 0.3) is 15.9 Å². The Morgan fingerprint density at radius 2 is 1.80 bits per heavy atom. The van der Waals surface area contributed by atoms with Crippen molar-refractivity contribution in [1.29, 1.82) is 0 Å². The molecule has 1 saturated heterocycles. The molecule has 1 fully saturated rings. The van der Waals surface area contributed by atoms with E-state index in [2.05, 4.69) is 32.3 Å². The fraction of sp³-hybridized carbons (Fsp3) is 0.333. The molecule has 0 aliphatic carbocycles. The maximum atomic E-state index is 12.8. The number of nitrogens with zero attached hydrogens (tertiary/aromatic N) is 4. The number of benzene rings is 2. The van der Waals surface area contributed by atoms with Crippen LogP contribution >= 0.6 is 11.3 Å². The number of anilines is 1. The van der Waals surface area contributed by atoms with Gasteiger partial charge in [-0.05, 0) is 50.2 Å². The van der Waals surface area contributed by atoms with Gasteiger partial charge in [0, 0.05) is 38.1 Å². The minimum atomic E-state index is -0.00814. The van der Waals surface area contributed by atoms with Crippen LogP contribution in [0.3, 0.4) is 0 Å². The summed E-state index contributed by atoms with van der Waals surface area (Å²) in [5.74, 6) is 0.919. The summed E-state index contributed by atoms with van der Waals surface area (Å²) in [6.07, 6.45) is 0.933. The molecule has 1 N–H and O–H groups in total. The number of carbonyl (C=O) groups excluding carboxylic acids is 1. The molecule has 4 aromatic rings. The number of para-hydroxylation sites is 3. The third-order valence-electron chi connectivity index (χ3n) is 6.50. The van der Waals surface area contributed by atoms with Crippen molar-refractivity contribution >= 4 is 33.1 Å². The minimum absolute atomic E-state index is 0.00814. The normalized spacial score (nSPS) is 14.4. The summed E-state index contributed by atoms with van der Waals surface area (Å²) in [6, 6.07) is 20.2. The van der Waals surface area contributed by atoms with Gasteiger partial charge in [-0.25, -0.2) is 4.68 Å². The lowest BCUT2D eigenvalue weighted by Gasteiger charge is -2.36. The molecule has 182 valence electrons. The molecule has 1 aliphatic heterocycles. The summed E-state index contributed by atoms with van der Waals surface area (Å²) in [4.78, 5) is 19.4. The zero-order valence-electron chi connectivity index (χ0n) is 20.2. The van der Waals surface area contributed by atoms with Crippen LogP contribution in [0.2, 0.25) is 0 Å². The van der Waals surface area contributed by atoms with Crippen LogP contribution < -0.4 is 15.0 Å². The monoisotopic (exact) mass is 489 g/mol. The van der Waals surface area contributed by atoms with Gasteiger partial charge in [0.2, 0.25) is 0 Å².